The largest absolute Gasteiger partial charge is 0.381 e. The predicted octanol–water partition coefficient (Wildman–Crippen LogP) is 2.12. The Morgan fingerprint density at radius 2 is 1.96 bits per heavy atom. The molecule has 2 rings (SSSR count). The van der Waals surface area contributed by atoms with Crippen LogP contribution in [0.5, 0.6) is 0 Å². The number of hydrogen-bond acceptors (Lipinski definition) is 4. The van der Waals surface area contributed by atoms with Crippen LogP contribution >= 0.6 is 35.7 Å². The molecule has 1 N–H and O–H groups in total. The van der Waals surface area contributed by atoms with Gasteiger partial charge in [-0.3, -0.25) is 4.99 Å². The third-order valence-corrected chi connectivity index (χ3v) is 6.18. The molecule has 0 aromatic heterocycles. The topological polar surface area (TPSA) is 40.1 Å². The maximum Gasteiger partial charge on any atom is 0.193 e. The molecule has 136 valence electrons. The van der Waals surface area contributed by atoms with E-state index < -0.39 is 0 Å². The standard InChI is InChI=1S/C16H32N4OS.HI/c1-15(2)13-20(8-11-22-15)14(17-3)18-12-16(19(4)5)6-9-21-10-7-16;/h6-13H2,1-5H3,(H,17,18);1H. The van der Waals surface area contributed by atoms with Gasteiger partial charge in [0.05, 0.1) is 0 Å². The van der Waals surface area contributed by atoms with Gasteiger partial charge in [0.25, 0.3) is 0 Å². The molecule has 0 radical (unpaired) electrons. The van der Waals surface area contributed by atoms with Crippen molar-refractivity contribution in [3.63, 3.8) is 0 Å². The van der Waals surface area contributed by atoms with E-state index in [1.165, 1.54) is 5.75 Å². The minimum atomic E-state index is 0. The summed E-state index contributed by atoms with van der Waals surface area (Å²) >= 11 is 2.05. The molecule has 5 nitrogen and oxygen atoms in total. The van der Waals surface area contributed by atoms with Crippen molar-refractivity contribution in [1.82, 2.24) is 15.1 Å². The first-order valence-corrected chi connectivity index (χ1v) is 9.22. The zero-order chi connectivity index (χ0) is 16.2. The van der Waals surface area contributed by atoms with Gasteiger partial charge in [-0.05, 0) is 40.8 Å². The number of likely N-dealkylation sites (N-methyl/N-ethyl adjacent to an activating group) is 1. The highest BCUT2D eigenvalue weighted by Gasteiger charge is 2.36. The van der Waals surface area contributed by atoms with Crippen LogP contribution in [0.3, 0.4) is 0 Å². The van der Waals surface area contributed by atoms with Crippen molar-refractivity contribution in [2.45, 2.75) is 37.0 Å². The van der Waals surface area contributed by atoms with Gasteiger partial charge < -0.3 is 19.9 Å². The second-order valence-corrected chi connectivity index (χ2v) is 8.96. The summed E-state index contributed by atoms with van der Waals surface area (Å²) in [5.74, 6) is 2.21. The zero-order valence-corrected chi connectivity index (χ0v) is 18.4. The van der Waals surface area contributed by atoms with Gasteiger partial charge in [0.2, 0.25) is 0 Å². The first-order chi connectivity index (χ1) is 10.4. The predicted molar refractivity (Wildman–Crippen MR) is 111 cm³/mol. The van der Waals surface area contributed by atoms with E-state index in [9.17, 15) is 0 Å². The maximum atomic E-state index is 5.55. The Balaban J connectivity index is 0.00000264. The van der Waals surface area contributed by atoms with Crippen molar-refractivity contribution in [3.05, 3.63) is 0 Å². The molecule has 2 aliphatic rings. The van der Waals surface area contributed by atoms with Crippen LogP contribution in [0.4, 0.5) is 0 Å². The molecule has 2 heterocycles. The number of guanidine groups is 1. The fourth-order valence-electron chi connectivity index (χ4n) is 3.31. The molecule has 0 atom stereocenters. The van der Waals surface area contributed by atoms with Crippen molar-refractivity contribution in [3.8, 4) is 0 Å². The molecule has 0 amide bonds. The quantitative estimate of drug-likeness (QED) is 0.400. The molecule has 0 bridgehead atoms. The van der Waals surface area contributed by atoms with E-state index in [2.05, 4.69) is 59.8 Å². The van der Waals surface area contributed by atoms with E-state index in [1.54, 1.807) is 0 Å². The first-order valence-electron chi connectivity index (χ1n) is 8.23. The molecular formula is C16H33IN4OS. The highest BCUT2D eigenvalue weighted by Crippen LogP contribution is 2.30. The third kappa shape index (κ3) is 5.64. The van der Waals surface area contributed by atoms with Gasteiger partial charge in [-0.25, -0.2) is 0 Å². The molecule has 0 spiro atoms. The van der Waals surface area contributed by atoms with E-state index in [-0.39, 0.29) is 29.5 Å². The van der Waals surface area contributed by atoms with Crippen molar-refractivity contribution < 1.29 is 4.74 Å². The first kappa shape index (κ1) is 21.3. The molecule has 7 heteroatoms. The van der Waals surface area contributed by atoms with Crippen LogP contribution in [0.15, 0.2) is 4.99 Å². The molecule has 0 unspecified atom stereocenters. The van der Waals surface area contributed by atoms with Crippen molar-refractivity contribution in [1.29, 1.82) is 0 Å². The minimum absolute atomic E-state index is 0. The molecule has 0 aromatic rings. The molecule has 2 saturated heterocycles. The second-order valence-electron chi connectivity index (χ2n) is 7.16. The second kappa shape index (κ2) is 9.10. The zero-order valence-electron chi connectivity index (χ0n) is 15.2. The van der Waals surface area contributed by atoms with Gasteiger partial charge in [0, 0.05) is 55.9 Å². The average Bonchev–Trinajstić information content (AvgIpc) is 2.48. The van der Waals surface area contributed by atoms with Crippen LogP contribution in [0, 0.1) is 0 Å². The van der Waals surface area contributed by atoms with E-state index in [0.717, 1.165) is 51.6 Å². The summed E-state index contributed by atoms with van der Waals surface area (Å²) in [6.07, 6.45) is 2.15. The summed E-state index contributed by atoms with van der Waals surface area (Å²) in [4.78, 5) is 9.28. The van der Waals surface area contributed by atoms with Crippen LogP contribution in [0.1, 0.15) is 26.7 Å². The average molecular weight is 456 g/mol. The summed E-state index contributed by atoms with van der Waals surface area (Å²) in [7, 11) is 6.25. The van der Waals surface area contributed by atoms with E-state index in [1.807, 2.05) is 7.05 Å². The Morgan fingerprint density at radius 3 is 2.48 bits per heavy atom. The monoisotopic (exact) mass is 456 g/mol. The Hall–Kier alpha value is 0.270. The molecular weight excluding hydrogens is 423 g/mol. The fourth-order valence-corrected chi connectivity index (χ4v) is 4.42. The number of hydrogen-bond donors (Lipinski definition) is 1. The Morgan fingerprint density at radius 1 is 1.30 bits per heavy atom. The lowest BCUT2D eigenvalue weighted by Crippen LogP contribution is -2.58. The maximum absolute atomic E-state index is 5.55. The van der Waals surface area contributed by atoms with Crippen LogP contribution in [-0.2, 0) is 4.74 Å². The van der Waals surface area contributed by atoms with E-state index >= 15 is 0 Å². The summed E-state index contributed by atoms with van der Waals surface area (Å²) in [5, 5.41) is 3.64. The van der Waals surface area contributed by atoms with Gasteiger partial charge in [0.1, 0.15) is 0 Å². The summed E-state index contributed by atoms with van der Waals surface area (Å²) < 4.78 is 5.85. The number of rotatable bonds is 3. The number of ether oxygens (including phenoxy) is 1. The summed E-state index contributed by atoms with van der Waals surface area (Å²) in [6.45, 7) is 9.40. The number of nitrogens with zero attached hydrogens (tertiary/aromatic N) is 3. The molecule has 2 aliphatic heterocycles. The number of thioether (sulfide) groups is 1. The van der Waals surface area contributed by atoms with Crippen LogP contribution in [0.2, 0.25) is 0 Å². The third-order valence-electron chi connectivity index (χ3n) is 4.88. The highest BCUT2D eigenvalue weighted by molar-refractivity contribution is 14.0. The lowest BCUT2D eigenvalue weighted by molar-refractivity contribution is -0.00526. The summed E-state index contributed by atoms with van der Waals surface area (Å²) in [6, 6.07) is 0. The lowest BCUT2D eigenvalue weighted by Gasteiger charge is -2.44. The Kier molecular flexibility index (Phi) is 8.43. The fraction of sp³-hybridized carbons (Fsp3) is 0.938. The lowest BCUT2D eigenvalue weighted by atomic mass is 9.88. The van der Waals surface area contributed by atoms with Gasteiger partial charge >= 0.3 is 0 Å². The molecule has 2 fully saturated rings. The smallest absolute Gasteiger partial charge is 0.193 e. The number of nitrogens with one attached hydrogen (secondary N) is 1. The van der Waals surface area contributed by atoms with Crippen molar-refractivity contribution in [2.75, 3.05) is 59.7 Å². The van der Waals surface area contributed by atoms with Crippen LogP contribution in [-0.4, -0.2) is 85.8 Å². The molecule has 23 heavy (non-hydrogen) atoms. The summed E-state index contributed by atoms with van der Waals surface area (Å²) in [5.41, 5.74) is 0.175. The number of aliphatic imine (C=N–C) groups is 1. The van der Waals surface area contributed by atoms with Crippen molar-refractivity contribution in [2.24, 2.45) is 4.99 Å². The number of halogens is 1. The van der Waals surface area contributed by atoms with E-state index in [4.69, 9.17) is 4.74 Å². The normalized spacial score (nSPS) is 24.3. The van der Waals surface area contributed by atoms with E-state index in [0.29, 0.717) is 4.75 Å². The van der Waals surface area contributed by atoms with Crippen LogP contribution < -0.4 is 5.32 Å². The van der Waals surface area contributed by atoms with Gasteiger partial charge in [-0.2, -0.15) is 11.8 Å². The highest BCUT2D eigenvalue weighted by atomic mass is 127. The van der Waals surface area contributed by atoms with Gasteiger partial charge in [-0.15, -0.1) is 24.0 Å². The molecule has 0 aromatic carbocycles. The van der Waals surface area contributed by atoms with Gasteiger partial charge in [-0.1, -0.05) is 0 Å². The molecule has 0 aliphatic carbocycles. The minimum Gasteiger partial charge on any atom is -0.381 e. The van der Waals surface area contributed by atoms with Crippen LogP contribution in [0.25, 0.3) is 0 Å². The molecule has 0 saturated carbocycles. The Bertz CT molecular complexity index is 398. The van der Waals surface area contributed by atoms with Gasteiger partial charge in [0.15, 0.2) is 5.96 Å². The van der Waals surface area contributed by atoms with Crippen molar-refractivity contribution >= 4 is 41.7 Å². The SMILES string of the molecule is CN=C(NCC1(N(C)C)CCOCC1)N1CCSC(C)(C)C1.I. The Labute approximate surface area is 163 Å².